The van der Waals surface area contributed by atoms with Crippen LogP contribution in [0.1, 0.15) is 46.7 Å². The van der Waals surface area contributed by atoms with E-state index in [1.807, 2.05) is 24.3 Å². The summed E-state index contributed by atoms with van der Waals surface area (Å²) in [5.41, 5.74) is 1.90. The number of hydrogen-bond donors (Lipinski definition) is 0. The molecule has 1 fully saturated rings. The molecule has 3 heterocycles. The van der Waals surface area contributed by atoms with Gasteiger partial charge in [0.1, 0.15) is 23.3 Å². The zero-order chi connectivity index (χ0) is 22.1. The molecule has 0 saturated carbocycles. The van der Waals surface area contributed by atoms with Crippen LogP contribution in [0.15, 0.2) is 69.7 Å². The minimum Gasteiger partial charge on any atom is -0.443 e. The number of carbonyl (C=O) groups excluding carboxylic acids is 1. The summed E-state index contributed by atoms with van der Waals surface area (Å²) >= 11 is 6.24. The maximum Gasteiger partial charge on any atom is 0.293 e. The first-order chi connectivity index (χ1) is 15.6. The van der Waals surface area contributed by atoms with Gasteiger partial charge in [-0.25, -0.2) is 9.37 Å². The van der Waals surface area contributed by atoms with Crippen LogP contribution in [0.2, 0.25) is 5.02 Å². The fraction of sp³-hybridized carbons (Fsp3) is 0.208. The Morgan fingerprint density at radius 1 is 1.19 bits per heavy atom. The van der Waals surface area contributed by atoms with Gasteiger partial charge in [0.15, 0.2) is 0 Å². The molecule has 1 amide bonds. The summed E-state index contributed by atoms with van der Waals surface area (Å²) in [4.78, 5) is 19.2. The molecule has 0 bridgehead atoms. The van der Waals surface area contributed by atoms with Crippen LogP contribution in [0.3, 0.4) is 0 Å². The Morgan fingerprint density at radius 2 is 2.06 bits per heavy atom. The van der Waals surface area contributed by atoms with Crippen molar-refractivity contribution < 1.29 is 18.1 Å². The third-order valence-electron chi connectivity index (χ3n) is 5.53. The second-order valence-corrected chi connectivity index (χ2v) is 8.08. The van der Waals surface area contributed by atoms with Gasteiger partial charge in [-0.15, -0.1) is 0 Å². The van der Waals surface area contributed by atoms with E-state index in [0.29, 0.717) is 40.9 Å². The molecule has 0 radical (unpaired) electrons. The van der Waals surface area contributed by atoms with E-state index in [9.17, 15) is 9.18 Å². The monoisotopic (exact) mass is 451 g/mol. The quantitative estimate of drug-likeness (QED) is 0.389. The second-order valence-electron chi connectivity index (χ2n) is 7.68. The van der Waals surface area contributed by atoms with Crippen molar-refractivity contribution in [1.82, 2.24) is 15.0 Å². The molecular weight excluding hydrogens is 433 g/mol. The van der Waals surface area contributed by atoms with E-state index >= 15 is 0 Å². The Hall–Kier alpha value is -3.45. The Bertz CT molecular complexity index is 1270. The predicted molar refractivity (Wildman–Crippen MR) is 116 cm³/mol. The van der Waals surface area contributed by atoms with Gasteiger partial charge >= 0.3 is 0 Å². The number of nitrogens with zero attached hydrogens (tertiary/aromatic N) is 3. The van der Waals surface area contributed by atoms with Crippen LogP contribution in [-0.2, 0) is 6.42 Å². The average molecular weight is 452 g/mol. The van der Waals surface area contributed by atoms with Crippen molar-refractivity contribution in [2.24, 2.45) is 0 Å². The molecule has 8 heteroatoms. The van der Waals surface area contributed by atoms with E-state index in [-0.39, 0.29) is 23.5 Å². The van der Waals surface area contributed by atoms with Crippen molar-refractivity contribution in [3.63, 3.8) is 0 Å². The maximum absolute atomic E-state index is 13.5. The smallest absolute Gasteiger partial charge is 0.293 e. The number of rotatable bonds is 5. The van der Waals surface area contributed by atoms with Crippen LogP contribution in [0.25, 0.3) is 11.3 Å². The van der Waals surface area contributed by atoms with E-state index in [1.165, 1.54) is 18.2 Å². The second kappa shape index (κ2) is 8.59. The van der Waals surface area contributed by atoms with Crippen LogP contribution < -0.4 is 0 Å². The van der Waals surface area contributed by atoms with Crippen molar-refractivity contribution in [2.75, 3.05) is 6.54 Å². The number of benzene rings is 2. The minimum absolute atomic E-state index is 0.0963. The van der Waals surface area contributed by atoms with Crippen LogP contribution in [0.4, 0.5) is 4.39 Å². The van der Waals surface area contributed by atoms with E-state index in [4.69, 9.17) is 20.5 Å². The summed E-state index contributed by atoms with van der Waals surface area (Å²) in [7, 11) is 0. The van der Waals surface area contributed by atoms with E-state index < -0.39 is 0 Å². The SMILES string of the molecule is O=C(c1cc(-c2cccc(F)c2)no1)N1CCC[C@@H]1c1ncc(Cc2ccccc2Cl)o1. The van der Waals surface area contributed by atoms with Crippen molar-refractivity contribution in [3.8, 4) is 11.3 Å². The highest BCUT2D eigenvalue weighted by molar-refractivity contribution is 6.31. The summed E-state index contributed by atoms with van der Waals surface area (Å²) in [5, 5.41) is 4.61. The molecule has 0 spiro atoms. The Labute approximate surface area is 188 Å². The first kappa shape index (κ1) is 20.5. The first-order valence-corrected chi connectivity index (χ1v) is 10.7. The lowest BCUT2D eigenvalue weighted by atomic mass is 10.1. The third-order valence-corrected chi connectivity index (χ3v) is 5.90. The zero-order valence-corrected chi connectivity index (χ0v) is 17.8. The third kappa shape index (κ3) is 4.03. The molecule has 162 valence electrons. The molecular formula is C24H19ClFN3O3. The predicted octanol–water partition coefficient (Wildman–Crippen LogP) is 5.69. The van der Waals surface area contributed by atoms with Crippen LogP contribution in [0.5, 0.6) is 0 Å². The van der Waals surface area contributed by atoms with Crippen LogP contribution >= 0.6 is 11.6 Å². The van der Waals surface area contributed by atoms with E-state index in [1.54, 1.807) is 23.2 Å². The summed E-state index contributed by atoms with van der Waals surface area (Å²) in [6.45, 7) is 0.557. The van der Waals surface area contributed by atoms with Crippen molar-refractivity contribution >= 4 is 17.5 Å². The molecule has 6 nitrogen and oxygen atoms in total. The van der Waals surface area contributed by atoms with Gasteiger partial charge in [0.05, 0.1) is 6.20 Å². The summed E-state index contributed by atoms with van der Waals surface area (Å²) in [5.74, 6) is 0.588. The number of oxazole rings is 1. The number of amides is 1. The highest BCUT2D eigenvalue weighted by Gasteiger charge is 2.35. The average Bonchev–Trinajstić information content (AvgIpc) is 3.55. The largest absolute Gasteiger partial charge is 0.443 e. The van der Waals surface area contributed by atoms with Crippen molar-refractivity contribution in [2.45, 2.75) is 25.3 Å². The number of halogens is 2. The minimum atomic E-state index is -0.380. The molecule has 5 rings (SSSR count). The normalized spacial score (nSPS) is 15.9. The molecule has 0 N–H and O–H groups in total. The van der Waals surface area contributed by atoms with Gasteiger partial charge in [0, 0.05) is 29.6 Å². The molecule has 32 heavy (non-hydrogen) atoms. The fourth-order valence-electron chi connectivity index (χ4n) is 3.96. The number of hydrogen-bond acceptors (Lipinski definition) is 5. The van der Waals surface area contributed by atoms with E-state index in [0.717, 1.165) is 18.4 Å². The molecule has 1 aliphatic rings. The lowest BCUT2D eigenvalue weighted by Gasteiger charge is -2.20. The molecule has 1 atom stereocenters. The molecule has 0 aliphatic carbocycles. The van der Waals surface area contributed by atoms with Gasteiger partial charge in [0.25, 0.3) is 5.91 Å². The Kier molecular flexibility index (Phi) is 5.49. The number of carbonyl (C=O) groups is 1. The van der Waals surface area contributed by atoms with Gasteiger partial charge in [-0.2, -0.15) is 0 Å². The van der Waals surface area contributed by atoms with Gasteiger partial charge in [-0.1, -0.05) is 47.1 Å². The lowest BCUT2D eigenvalue weighted by Crippen LogP contribution is -2.30. The molecule has 4 aromatic rings. The highest BCUT2D eigenvalue weighted by atomic mass is 35.5. The molecule has 1 aliphatic heterocycles. The van der Waals surface area contributed by atoms with Crippen molar-refractivity contribution in [1.29, 1.82) is 0 Å². The van der Waals surface area contributed by atoms with Crippen molar-refractivity contribution in [3.05, 3.63) is 94.6 Å². The standard InChI is InChI=1S/C24H19ClFN3O3/c25-19-8-2-1-5-15(19)12-18-14-27-23(31-18)21-9-4-10-29(21)24(30)22-13-20(28-32-22)16-6-3-7-17(26)11-16/h1-3,5-8,11,13-14,21H,4,9-10,12H2/t21-/m1/s1. The lowest BCUT2D eigenvalue weighted by molar-refractivity contribution is 0.0672. The van der Waals surface area contributed by atoms with Crippen LogP contribution in [-0.4, -0.2) is 27.5 Å². The summed E-state index contributed by atoms with van der Waals surface area (Å²) < 4.78 is 24.8. The highest BCUT2D eigenvalue weighted by Crippen LogP contribution is 2.34. The summed E-state index contributed by atoms with van der Waals surface area (Å²) in [6, 6.07) is 14.8. The number of likely N-dealkylation sites (tertiary alicyclic amines) is 1. The van der Waals surface area contributed by atoms with Crippen LogP contribution in [0, 0.1) is 5.82 Å². The summed E-state index contributed by atoms with van der Waals surface area (Å²) in [6.07, 6.45) is 3.76. The molecule has 2 aromatic heterocycles. The topological polar surface area (TPSA) is 72.4 Å². The molecule has 2 aromatic carbocycles. The number of aromatic nitrogens is 2. The zero-order valence-electron chi connectivity index (χ0n) is 17.0. The first-order valence-electron chi connectivity index (χ1n) is 10.3. The van der Waals surface area contributed by atoms with Gasteiger partial charge in [0.2, 0.25) is 11.7 Å². The van der Waals surface area contributed by atoms with Gasteiger partial charge < -0.3 is 13.8 Å². The Morgan fingerprint density at radius 3 is 2.91 bits per heavy atom. The maximum atomic E-state index is 13.5. The molecule has 1 saturated heterocycles. The fourth-order valence-corrected chi connectivity index (χ4v) is 4.16. The molecule has 0 unspecified atom stereocenters. The Balaban J connectivity index is 1.33. The van der Waals surface area contributed by atoms with Gasteiger partial charge in [-0.3, -0.25) is 4.79 Å². The van der Waals surface area contributed by atoms with Gasteiger partial charge in [-0.05, 0) is 36.6 Å². The van der Waals surface area contributed by atoms with E-state index in [2.05, 4.69) is 10.1 Å².